The van der Waals surface area contributed by atoms with Gasteiger partial charge in [-0.3, -0.25) is 9.59 Å². The summed E-state index contributed by atoms with van der Waals surface area (Å²) in [4.78, 5) is 28.4. The normalized spacial score (nSPS) is 14.3. The van der Waals surface area contributed by atoms with Gasteiger partial charge in [0.2, 0.25) is 0 Å². The van der Waals surface area contributed by atoms with E-state index < -0.39 is 23.4 Å². The second-order valence-electron chi connectivity index (χ2n) is 6.63. The molecule has 0 N–H and O–H groups in total. The number of methoxy groups -OCH3 is 2. The van der Waals surface area contributed by atoms with Gasteiger partial charge in [0.15, 0.2) is 0 Å². The molecular weight excluding hydrogens is 382 g/mol. The molecular formula is C21H22F2N2O4. The molecule has 0 radical (unpaired) electrons. The number of hydrogen-bond acceptors (Lipinski definition) is 4. The lowest BCUT2D eigenvalue weighted by atomic mass is 10.1. The first-order valence-electron chi connectivity index (χ1n) is 9.20. The molecule has 0 saturated carbocycles. The molecule has 2 aromatic rings. The van der Waals surface area contributed by atoms with Crippen LogP contribution < -0.4 is 9.47 Å². The number of ether oxygens (including phenoxy) is 2. The van der Waals surface area contributed by atoms with Crippen molar-refractivity contribution in [1.82, 2.24) is 9.80 Å². The first-order valence-corrected chi connectivity index (χ1v) is 9.20. The second-order valence-corrected chi connectivity index (χ2v) is 6.63. The summed E-state index contributed by atoms with van der Waals surface area (Å²) in [5.41, 5.74) is -0.0986. The van der Waals surface area contributed by atoms with E-state index in [0.29, 0.717) is 31.0 Å². The Hall–Kier alpha value is -3.16. The average molecular weight is 404 g/mol. The minimum atomic E-state index is -0.660. The van der Waals surface area contributed by atoms with Gasteiger partial charge in [-0.05, 0) is 30.7 Å². The van der Waals surface area contributed by atoms with Gasteiger partial charge in [-0.25, -0.2) is 8.78 Å². The zero-order valence-electron chi connectivity index (χ0n) is 16.3. The van der Waals surface area contributed by atoms with Crippen LogP contribution in [0.25, 0.3) is 0 Å². The van der Waals surface area contributed by atoms with Crippen LogP contribution in [0.15, 0.2) is 36.4 Å². The number of nitrogens with zero attached hydrogens (tertiary/aromatic N) is 2. The Morgan fingerprint density at radius 3 is 1.52 bits per heavy atom. The van der Waals surface area contributed by atoms with Crippen LogP contribution in [-0.2, 0) is 0 Å². The summed E-state index contributed by atoms with van der Waals surface area (Å²) >= 11 is 0. The molecule has 8 heteroatoms. The molecule has 3 rings (SSSR count). The summed E-state index contributed by atoms with van der Waals surface area (Å²) in [7, 11) is 2.84. The van der Waals surface area contributed by atoms with E-state index in [1.165, 1.54) is 48.3 Å². The van der Waals surface area contributed by atoms with Gasteiger partial charge in [0.25, 0.3) is 11.8 Å². The lowest BCUT2D eigenvalue weighted by molar-refractivity contribution is 0.0713. The van der Waals surface area contributed by atoms with Gasteiger partial charge in [-0.2, -0.15) is 0 Å². The topological polar surface area (TPSA) is 59.1 Å². The number of benzene rings is 2. The number of halogens is 2. The number of hydrogen-bond donors (Lipinski definition) is 0. The smallest absolute Gasteiger partial charge is 0.256 e. The predicted octanol–water partition coefficient (Wildman–Crippen LogP) is 2.97. The molecule has 0 aromatic heterocycles. The maximum atomic E-state index is 14.2. The third-order valence-corrected chi connectivity index (χ3v) is 4.88. The zero-order chi connectivity index (χ0) is 21.0. The standard InChI is InChI=1S/C21H22F2N2O4/c1-28-14-4-6-16(18(22)12-14)20(26)24-8-3-9-25(11-10-24)21(27)17-7-5-15(29-2)13-19(17)23/h4-7,12-13H,3,8-11H2,1-2H3. The highest BCUT2D eigenvalue weighted by atomic mass is 19.1. The molecule has 154 valence electrons. The maximum absolute atomic E-state index is 14.2. The third-order valence-electron chi connectivity index (χ3n) is 4.88. The summed E-state index contributed by atoms with van der Waals surface area (Å²) in [5, 5.41) is 0. The van der Waals surface area contributed by atoms with E-state index in [1.54, 1.807) is 0 Å². The van der Waals surface area contributed by atoms with Crippen molar-refractivity contribution in [3.63, 3.8) is 0 Å². The fraction of sp³-hybridized carbons (Fsp3) is 0.333. The van der Waals surface area contributed by atoms with Crippen LogP contribution in [0.2, 0.25) is 0 Å². The fourth-order valence-corrected chi connectivity index (χ4v) is 3.26. The van der Waals surface area contributed by atoms with E-state index in [4.69, 9.17) is 9.47 Å². The molecule has 1 aliphatic heterocycles. The zero-order valence-corrected chi connectivity index (χ0v) is 16.3. The van der Waals surface area contributed by atoms with Crippen molar-refractivity contribution in [1.29, 1.82) is 0 Å². The molecule has 1 saturated heterocycles. The van der Waals surface area contributed by atoms with Crippen LogP contribution in [0.5, 0.6) is 11.5 Å². The Kier molecular flexibility index (Phi) is 6.31. The maximum Gasteiger partial charge on any atom is 0.256 e. The van der Waals surface area contributed by atoms with Crippen LogP contribution in [0, 0.1) is 11.6 Å². The van der Waals surface area contributed by atoms with Crippen molar-refractivity contribution in [3.05, 3.63) is 59.2 Å². The largest absolute Gasteiger partial charge is 0.497 e. The van der Waals surface area contributed by atoms with Crippen molar-refractivity contribution in [2.24, 2.45) is 0 Å². The van der Waals surface area contributed by atoms with Crippen molar-refractivity contribution in [2.45, 2.75) is 6.42 Å². The summed E-state index contributed by atoms with van der Waals surface area (Å²) < 4.78 is 38.4. The van der Waals surface area contributed by atoms with Crippen LogP contribution in [0.3, 0.4) is 0 Å². The van der Waals surface area contributed by atoms with Crippen LogP contribution in [-0.4, -0.2) is 62.0 Å². The van der Waals surface area contributed by atoms with Gasteiger partial charge in [0.1, 0.15) is 23.1 Å². The Bertz CT molecular complexity index is 846. The van der Waals surface area contributed by atoms with Gasteiger partial charge in [-0.15, -0.1) is 0 Å². The van der Waals surface area contributed by atoms with Crippen molar-refractivity contribution in [3.8, 4) is 11.5 Å². The molecule has 6 nitrogen and oxygen atoms in total. The molecule has 0 atom stereocenters. The quantitative estimate of drug-likeness (QED) is 0.786. The SMILES string of the molecule is COc1ccc(C(=O)N2CCCN(C(=O)c3ccc(OC)cc3F)CC2)c(F)c1. The van der Waals surface area contributed by atoms with Gasteiger partial charge < -0.3 is 19.3 Å². The van der Waals surface area contributed by atoms with E-state index >= 15 is 0 Å². The Balaban J connectivity index is 1.70. The number of carbonyl (C=O) groups is 2. The molecule has 29 heavy (non-hydrogen) atoms. The lowest BCUT2D eigenvalue weighted by Gasteiger charge is -2.23. The van der Waals surface area contributed by atoms with E-state index in [-0.39, 0.29) is 24.2 Å². The summed E-state index contributed by atoms with van der Waals surface area (Å²) in [5.74, 6) is -1.56. The average Bonchev–Trinajstić information content (AvgIpc) is 2.99. The highest BCUT2D eigenvalue weighted by molar-refractivity contribution is 5.96. The van der Waals surface area contributed by atoms with Gasteiger partial charge in [0.05, 0.1) is 25.3 Å². The van der Waals surface area contributed by atoms with Crippen molar-refractivity contribution >= 4 is 11.8 Å². The Morgan fingerprint density at radius 2 is 1.17 bits per heavy atom. The van der Waals surface area contributed by atoms with Crippen LogP contribution >= 0.6 is 0 Å². The monoisotopic (exact) mass is 404 g/mol. The molecule has 1 aliphatic rings. The summed E-state index contributed by atoms with van der Waals surface area (Å²) in [6.07, 6.45) is 0.507. The van der Waals surface area contributed by atoms with E-state index in [9.17, 15) is 18.4 Å². The fourth-order valence-electron chi connectivity index (χ4n) is 3.26. The first kappa shape index (κ1) is 20.6. The van der Waals surface area contributed by atoms with Gasteiger partial charge in [-0.1, -0.05) is 0 Å². The molecule has 0 unspecified atom stereocenters. The number of carbonyl (C=O) groups excluding carboxylic acids is 2. The van der Waals surface area contributed by atoms with E-state index in [2.05, 4.69) is 0 Å². The summed E-state index contributed by atoms with van der Waals surface area (Å²) in [6.45, 7) is 1.21. The molecule has 1 fully saturated rings. The highest BCUT2D eigenvalue weighted by Crippen LogP contribution is 2.21. The molecule has 2 aromatic carbocycles. The second kappa shape index (κ2) is 8.89. The minimum absolute atomic E-state index is 0.0493. The Labute approximate surface area is 167 Å². The van der Waals surface area contributed by atoms with Crippen LogP contribution in [0.4, 0.5) is 8.78 Å². The lowest BCUT2D eigenvalue weighted by Crippen LogP contribution is -2.37. The van der Waals surface area contributed by atoms with Crippen LogP contribution in [0.1, 0.15) is 27.1 Å². The third kappa shape index (κ3) is 4.47. The highest BCUT2D eigenvalue weighted by Gasteiger charge is 2.26. The van der Waals surface area contributed by atoms with E-state index in [0.717, 1.165) is 12.1 Å². The van der Waals surface area contributed by atoms with Crippen molar-refractivity contribution < 1.29 is 27.8 Å². The number of amides is 2. The predicted molar refractivity (Wildman–Crippen MR) is 102 cm³/mol. The Morgan fingerprint density at radius 1 is 0.759 bits per heavy atom. The van der Waals surface area contributed by atoms with Gasteiger partial charge >= 0.3 is 0 Å². The number of rotatable bonds is 4. The minimum Gasteiger partial charge on any atom is -0.497 e. The van der Waals surface area contributed by atoms with E-state index in [1.807, 2.05) is 0 Å². The van der Waals surface area contributed by atoms with Crippen molar-refractivity contribution in [2.75, 3.05) is 40.4 Å². The molecule has 1 heterocycles. The first-order chi connectivity index (χ1) is 13.9. The molecule has 0 aliphatic carbocycles. The molecule has 0 bridgehead atoms. The molecule has 0 spiro atoms. The summed E-state index contributed by atoms with van der Waals surface area (Å²) in [6, 6.07) is 8.14. The molecule has 2 amide bonds. The van der Waals surface area contributed by atoms with Gasteiger partial charge in [0, 0.05) is 38.3 Å².